The summed E-state index contributed by atoms with van der Waals surface area (Å²) in [4.78, 5) is 10.2. The molecule has 0 saturated carbocycles. The third kappa shape index (κ3) is 2.76. The first-order chi connectivity index (χ1) is 16.9. The van der Waals surface area contributed by atoms with Gasteiger partial charge in [-0.2, -0.15) is 0 Å². The van der Waals surface area contributed by atoms with Crippen LogP contribution in [0.25, 0.3) is 52.8 Å². The number of aryl methyl sites for hydroxylation is 1. The second-order valence-electron chi connectivity index (χ2n) is 9.01. The highest BCUT2D eigenvalue weighted by molar-refractivity contribution is 7.26. The minimum absolute atomic E-state index is 0.0391. The average molecular weight is 426 g/mol. The summed E-state index contributed by atoms with van der Waals surface area (Å²) in [5.74, 6) is 0. The van der Waals surface area contributed by atoms with Crippen LogP contribution in [0.2, 0.25) is 0 Å². The molecule has 0 spiro atoms. The van der Waals surface area contributed by atoms with E-state index < -0.39 is 18.6 Å². The van der Waals surface area contributed by atoms with Crippen LogP contribution in [0.15, 0.2) is 60.9 Å². The SMILES string of the molecule is [2H]C([2H])([2H])c1cnc2c3ccccc3c3ccc4c5cccnc5sc4c3c2c1C([2H])([2H])C(C)(C)C. The van der Waals surface area contributed by atoms with Gasteiger partial charge in [0.25, 0.3) is 0 Å². The average Bonchev–Trinajstić information content (AvgIpc) is 3.20. The summed E-state index contributed by atoms with van der Waals surface area (Å²) >= 11 is 1.55. The summed E-state index contributed by atoms with van der Waals surface area (Å²) in [6, 6.07) is 16.1. The molecule has 0 bridgehead atoms. The number of nitrogens with zero attached hydrogens (tertiary/aromatic N) is 2. The van der Waals surface area contributed by atoms with E-state index in [1.165, 1.54) is 6.20 Å². The van der Waals surface area contributed by atoms with Crippen LogP contribution in [0.1, 0.15) is 38.8 Å². The maximum absolute atomic E-state index is 9.30. The van der Waals surface area contributed by atoms with Gasteiger partial charge in [-0.05, 0) is 52.7 Å². The number of benzene rings is 3. The Morgan fingerprint density at radius 3 is 2.45 bits per heavy atom. The van der Waals surface area contributed by atoms with Crippen molar-refractivity contribution in [2.24, 2.45) is 5.41 Å². The van der Waals surface area contributed by atoms with Crippen LogP contribution in [0.5, 0.6) is 0 Å². The van der Waals surface area contributed by atoms with E-state index in [1.54, 1.807) is 17.5 Å². The summed E-state index contributed by atoms with van der Waals surface area (Å²) < 4.78 is 44.5. The third-order valence-electron chi connectivity index (χ3n) is 5.72. The fourth-order valence-electron chi connectivity index (χ4n) is 4.54. The van der Waals surface area contributed by atoms with Gasteiger partial charge >= 0.3 is 0 Å². The summed E-state index contributed by atoms with van der Waals surface area (Å²) in [7, 11) is 0. The van der Waals surface area contributed by atoms with Gasteiger partial charge in [-0.15, -0.1) is 11.3 Å². The van der Waals surface area contributed by atoms with Crippen LogP contribution >= 0.6 is 11.3 Å². The predicted molar refractivity (Wildman–Crippen MR) is 135 cm³/mol. The van der Waals surface area contributed by atoms with E-state index in [0.717, 1.165) is 41.8 Å². The Kier molecular flexibility index (Phi) is 2.95. The summed E-state index contributed by atoms with van der Waals surface area (Å²) in [5, 5.41) is 6.30. The second-order valence-corrected chi connectivity index (χ2v) is 10.0. The molecule has 0 fully saturated rings. The number of hydrogen-bond donors (Lipinski definition) is 0. The van der Waals surface area contributed by atoms with E-state index >= 15 is 0 Å². The fraction of sp³-hybridized carbons (Fsp3) is 0.214. The van der Waals surface area contributed by atoms with Crippen LogP contribution in [-0.2, 0) is 6.37 Å². The molecule has 31 heavy (non-hydrogen) atoms. The lowest BCUT2D eigenvalue weighted by Gasteiger charge is -2.22. The van der Waals surface area contributed by atoms with Gasteiger partial charge in [0.15, 0.2) is 0 Å². The van der Waals surface area contributed by atoms with Crippen molar-refractivity contribution < 1.29 is 6.85 Å². The monoisotopic (exact) mass is 425 g/mol. The van der Waals surface area contributed by atoms with Gasteiger partial charge in [-0.25, -0.2) is 4.98 Å². The molecule has 0 unspecified atom stereocenters. The summed E-state index contributed by atoms with van der Waals surface area (Å²) in [5.41, 5.74) is -0.0851. The lowest BCUT2D eigenvalue weighted by atomic mass is 9.83. The van der Waals surface area contributed by atoms with Gasteiger partial charge in [-0.1, -0.05) is 57.2 Å². The molecule has 0 atom stereocenters. The number of fused-ring (bicyclic) bond motifs is 10. The van der Waals surface area contributed by atoms with E-state index in [1.807, 2.05) is 57.2 Å². The Hall–Kier alpha value is -3.04. The molecule has 0 aliphatic rings. The maximum Gasteiger partial charge on any atom is 0.124 e. The summed E-state index contributed by atoms with van der Waals surface area (Å²) in [6.45, 7) is 2.91. The highest BCUT2D eigenvalue weighted by atomic mass is 32.1. The normalized spacial score (nSPS) is 15.9. The van der Waals surface area contributed by atoms with E-state index in [0.29, 0.717) is 10.9 Å². The molecular formula is C28H24N2S. The molecule has 0 amide bonds. The Bertz CT molecular complexity index is 1850. The van der Waals surface area contributed by atoms with Gasteiger partial charge in [0.1, 0.15) is 4.83 Å². The van der Waals surface area contributed by atoms with Gasteiger partial charge in [0.05, 0.1) is 5.52 Å². The smallest absolute Gasteiger partial charge is 0.124 e. The van der Waals surface area contributed by atoms with Crippen molar-refractivity contribution in [1.82, 2.24) is 9.97 Å². The Morgan fingerprint density at radius 1 is 0.871 bits per heavy atom. The molecule has 6 rings (SSSR count). The summed E-state index contributed by atoms with van der Waals surface area (Å²) in [6.07, 6.45) is 1.18. The van der Waals surface area contributed by atoms with Crippen molar-refractivity contribution in [3.8, 4) is 0 Å². The van der Waals surface area contributed by atoms with Crippen molar-refractivity contribution in [2.45, 2.75) is 34.0 Å². The van der Waals surface area contributed by atoms with Gasteiger partial charge in [0.2, 0.25) is 0 Å². The standard InChI is InChI=1S/C28H24N2S/c1-16-15-30-25-19-9-6-5-8-17(19)18-11-12-20-21-10-7-13-29-27(21)31-26(20)24(18)23(25)22(16)14-28(2,3)4/h5-13,15H,14H2,1-4H3/i1D3,14D2. The van der Waals surface area contributed by atoms with Crippen molar-refractivity contribution in [1.29, 1.82) is 0 Å². The van der Waals surface area contributed by atoms with Gasteiger partial charge < -0.3 is 0 Å². The maximum atomic E-state index is 9.30. The first-order valence-electron chi connectivity index (χ1n) is 12.9. The number of pyridine rings is 2. The molecule has 6 aromatic rings. The highest BCUT2D eigenvalue weighted by Crippen LogP contribution is 2.45. The van der Waals surface area contributed by atoms with E-state index in [4.69, 9.17) is 9.10 Å². The molecule has 0 radical (unpaired) electrons. The van der Waals surface area contributed by atoms with Crippen LogP contribution < -0.4 is 0 Å². The van der Waals surface area contributed by atoms with Crippen LogP contribution in [0, 0.1) is 12.3 Å². The number of rotatable bonds is 1. The van der Waals surface area contributed by atoms with E-state index in [9.17, 15) is 2.74 Å². The molecule has 0 aliphatic heterocycles. The van der Waals surface area contributed by atoms with Gasteiger partial charge in [0, 0.05) is 50.9 Å². The molecule has 3 aromatic carbocycles. The topological polar surface area (TPSA) is 25.8 Å². The third-order valence-corrected chi connectivity index (χ3v) is 6.87. The Balaban J connectivity index is 2.01. The minimum atomic E-state index is -2.53. The van der Waals surface area contributed by atoms with Crippen molar-refractivity contribution in [2.75, 3.05) is 0 Å². The largest absolute Gasteiger partial charge is 0.255 e. The molecular weight excluding hydrogens is 396 g/mol. The quantitative estimate of drug-likeness (QED) is 0.248. The van der Waals surface area contributed by atoms with Crippen LogP contribution in [0.4, 0.5) is 0 Å². The zero-order valence-corrected chi connectivity index (χ0v) is 18.4. The molecule has 3 heteroatoms. The lowest BCUT2D eigenvalue weighted by molar-refractivity contribution is 0.412. The number of hydrogen-bond acceptors (Lipinski definition) is 3. The van der Waals surface area contributed by atoms with Crippen molar-refractivity contribution in [3.63, 3.8) is 0 Å². The fourth-order valence-corrected chi connectivity index (χ4v) is 5.73. The molecule has 3 aromatic heterocycles. The molecule has 0 N–H and O–H groups in total. The highest BCUT2D eigenvalue weighted by Gasteiger charge is 2.21. The zero-order valence-electron chi connectivity index (χ0n) is 22.6. The van der Waals surface area contributed by atoms with Crippen LogP contribution in [0.3, 0.4) is 0 Å². The molecule has 0 saturated heterocycles. The molecule has 2 nitrogen and oxygen atoms in total. The van der Waals surface area contributed by atoms with Crippen molar-refractivity contribution in [3.05, 3.63) is 72.1 Å². The lowest BCUT2D eigenvalue weighted by Crippen LogP contribution is -2.11. The van der Waals surface area contributed by atoms with Crippen molar-refractivity contribution >= 4 is 64.1 Å². The zero-order chi connectivity index (χ0) is 25.6. The van der Waals surface area contributed by atoms with Crippen LogP contribution in [-0.4, -0.2) is 9.97 Å². The Morgan fingerprint density at radius 2 is 1.65 bits per heavy atom. The molecule has 0 aliphatic carbocycles. The Labute approximate surface area is 192 Å². The minimum Gasteiger partial charge on any atom is -0.255 e. The first-order valence-corrected chi connectivity index (χ1v) is 11.2. The molecule has 152 valence electrons. The van der Waals surface area contributed by atoms with E-state index in [-0.39, 0.29) is 11.1 Å². The van der Waals surface area contributed by atoms with E-state index in [2.05, 4.69) is 17.1 Å². The number of thiophene rings is 1. The second kappa shape index (κ2) is 6.48. The first kappa shape index (κ1) is 14.1. The number of aromatic nitrogens is 2. The predicted octanol–water partition coefficient (Wildman–Crippen LogP) is 8.20. The van der Waals surface area contributed by atoms with Gasteiger partial charge in [-0.3, -0.25) is 4.98 Å². The molecule has 3 heterocycles.